The van der Waals surface area contributed by atoms with Crippen molar-refractivity contribution in [3.8, 4) is 0 Å². The van der Waals surface area contributed by atoms with Crippen LogP contribution in [0.2, 0.25) is 0 Å². The van der Waals surface area contributed by atoms with E-state index >= 15 is 0 Å². The number of aromatic nitrogens is 2. The van der Waals surface area contributed by atoms with Crippen LogP contribution in [0.25, 0.3) is 0 Å². The predicted molar refractivity (Wildman–Crippen MR) is 93.0 cm³/mol. The van der Waals surface area contributed by atoms with E-state index in [1.54, 1.807) is 6.20 Å². The maximum Gasteiger partial charge on any atom is 0.272 e. The zero-order chi connectivity index (χ0) is 17.7. The summed E-state index contributed by atoms with van der Waals surface area (Å²) in [5, 5.41) is 17.4. The van der Waals surface area contributed by atoms with E-state index in [-0.39, 0.29) is 17.4 Å². The molecule has 0 atom stereocenters. The topological polar surface area (TPSA) is 93.0 Å². The van der Waals surface area contributed by atoms with Gasteiger partial charge in [-0.15, -0.1) is 0 Å². The number of nitro groups is 1. The summed E-state index contributed by atoms with van der Waals surface area (Å²) >= 11 is 1.43. The van der Waals surface area contributed by atoms with E-state index in [4.69, 9.17) is 0 Å². The van der Waals surface area contributed by atoms with Crippen LogP contribution >= 0.6 is 11.8 Å². The van der Waals surface area contributed by atoms with Crippen LogP contribution in [0.3, 0.4) is 0 Å². The second kappa shape index (κ2) is 7.91. The van der Waals surface area contributed by atoms with Gasteiger partial charge in [-0.05, 0) is 26.2 Å². The molecule has 9 heteroatoms. The van der Waals surface area contributed by atoms with E-state index in [2.05, 4.69) is 20.6 Å². The summed E-state index contributed by atoms with van der Waals surface area (Å²) in [6.07, 6.45) is 3.57. The van der Waals surface area contributed by atoms with Gasteiger partial charge < -0.3 is 10.6 Å². The smallest absolute Gasteiger partial charge is 0.272 e. The maximum atomic E-state index is 13.9. The first kappa shape index (κ1) is 17.9. The van der Waals surface area contributed by atoms with Gasteiger partial charge in [0.1, 0.15) is 5.82 Å². The van der Waals surface area contributed by atoms with E-state index in [0.717, 1.165) is 11.6 Å². The lowest BCUT2D eigenvalue weighted by atomic mass is 10.2. The Morgan fingerprint density at radius 2 is 2.17 bits per heavy atom. The van der Waals surface area contributed by atoms with Crippen LogP contribution in [0.15, 0.2) is 29.6 Å². The van der Waals surface area contributed by atoms with Crippen molar-refractivity contribution < 1.29 is 9.31 Å². The molecule has 0 fully saturated rings. The molecule has 1 heterocycles. The first-order valence-corrected chi connectivity index (χ1v) is 8.47. The van der Waals surface area contributed by atoms with E-state index < -0.39 is 10.7 Å². The zero-order valence-electron chi connectivity index (χ0n) is 13.5. The van der Waals surface area contributed by atoms with E-state index in [9.17, 15) is 14.5 Å². The second-order valence-corrected chi connectivity index (χ2v) is 6.08. The lowest BCUT2D eigenvalue weighted by Crippen LogP contribution is -2.15. The quantitative estimate of drug-likeness (QED) is 0.340. The van der Waals surface area contributed by atoms with Crippen LogP contribution in [0.5, 0.6) is 0 Å². The number of hydrogen-bond acceptors (Lipinski definition) is 7. The van der Waals surface area contributed by atoms with Crippen LogP contribution < -0.4 is 10.6 Å². The third-order valence-electron chi connectivity index (χ3n) is 3.08. The number of anilines is 2. The second-order valence-electron chi connectivity index (χ2n) is 5.30. The van der Waals surface area contributed by atoms with Gasteiger partial charge in [-0.1, -0.05) is 11.8 Å². The molecule has 2 rings (SSSR count). The van der Waals surface area contributed by atoms with Crippen molar-refractivity contribution in [3.05, 3.63) is 45.9 Å². The van der Waals surface area contributed by atoms with Crippen molar-refractivity contribution >= 4 is 29.0 Å². The van der Waals surface area contributed by atoms with Gasteiger partial charge in [0.2, 0.25) is 0 Å². The highest BCUT2D eigenvalue weighted by Gasteiger charge is 2.12. The summed E-state index contributed by atoms with van der Waals surface area (Å²) in [7, 11) is 0. The van der Waals surface area contributed by atoms with Gasteiger partial charge in [-0.2, -0.15) is 0 Å². The lowest BCUT2D eigenvalue weighted by molar-refractivity contribution is -0.385. The molecule has 0 aliphatic rings. The lowest BCUT2D eigenvalue weighted by Gasteiger charge is -2.15. The number of nitro benzene ring substituents is 1. The Morgan fingerprint density at radius 1 is 1.42 bits per heavy atom. The Kier molecular flexibility index (Phi) is 5.91. The molecule has 7 nitrogen and oxygen atoms in total. The van der Waals surface area contributed by atoms with Crippen molar-refractivity contribution in [2.24, 2.45) is 0 Å². The molecule has 0 spiro atoms. The van der Waals surface area contributed by atoms with Crippen LogP contribution in [0.1, 0.15) is 19.4 Å². The van der Waals surface area contributed by atoms with Gasteiger partial charge >= 0.3 is 0 Å². The van der Waals surface area contributed by atoms with Gasteiger partial charge in [0.05, 0.1) is 16.7 Å². The van der Waals surface area contributed by atoms with Crippen LogP contribution in [-0.4, -0.2) is 27.2 Å². The fourth-order valence-electron chi connectivity index (χ4n) is 1.97. The fourth-order valence-corrected chi connectivity index (χ4v) is 2.31. The SMILES string of the molecule is CSc1ncc(CNc2ccc([N+](=O)[O-])cc2F)c(NC(C)C)n1. The maximum absolute atomic E-state index is 13.9. The summed E-state index contributed by atoms with van der Waals surface area (Å²) in [5.41, 5.74) is 0.678. The van der Waals surface area contributed by atoms with Gasteiger partial charge in [-0.25, -0.2) is 14.4 Å². The molecular weight excluding hydrogens is 333 g/mol. The first-order chi connectivity index (χ1) is 11.4. The van der Waals surface area contributed by atoms with E-state index in [1.165, 1.54) is 23.9 Å². The van der Waals surface area contributed by atoms with Crippen LogP contribution in [0.4, 0.5) is 21.6 Å². The Balaban J connectivity index is 2.18. The van der Waals surface area contributed by atoms with Crippen molar-refractivity contribution in [3.63, 3.8) is 0 Å². The molecule has 0 saturated heterocycles. The van der Waals surface area contributed by atoms with Gasteiger partial charge in [0.15, 0.2) is 11.0 Å². The highest BCUT2D eigenvalue weighted by atomic mass is 32.2. The molecule has 1 aromatic heterocycles. The molecule has 0 radical (unpaired) electrons. The molecule has 2 aromatic rings. The molecule has 0 aliphatic carbocycles. The minimum atomic E-state index is -0.677. The number of hydrogen-bond donors (Lipinski definition) is 2. The highest BCUT2D eigenvalue weighted by molar-refractivity contribution is 7.98. The molecule has 24 heavy (non-hydrogen) atoms. The minimum absolute atomic E-state index is 0.185. The summed E-state index contributed by atoms with van der Waals surface area (Å²) in [6.45, 7) is 4.28. The van der Waals surface area contributed by atoms with Crippen LogP contribution in [-0.2, 0) is 6.54 Å². The van der Waals surface area contributed by atoms with Crippen molar-refractivity contribution in [2.75, 3.05) is 16.9 Å². The minimum Gasteiger partial charge on any atom is -0.378 e. The number of non-ortho nitro benzene ring substituents is 1. The van der Waals surface area contributed by atoms with Crippen molar-refractivity contribution in [1.82, 2.24) is 9.97 Å². The molecule has 0 amide bonds. The summed E-state index contributed by atoms with van der Waals surface area (Å²) in [5.74, 6) is 0.00314. The van der Waals surface area contributed by atoms with Gasteiger partial charge in [-0.3, -0.25) is 10.1 Å². The third kappa shape index (κ3) is 4.54. The number of nitrogens with one attached hydrogen (secondary N) is 2. The van der Waals surface area contributed by atoms with Gasteiger partial charge in [0.25, 0.3) is 5.69 Å². The largest absolute Gasteiger partial charge is 0.378 e. The number of nitrogens with zero attached hydrogens (tertiary/aromatic N) is 3. The highest BCUT2D eigenvalue weighted by Crippen LogP contribution is 2.23. The molecule has 1 aromatic carbocycles. The summed E-state index contributed by atoms with van der Waals surface area (Å²) in [4.78, 5) is 18.7. The van der Waals surface area contributed by atoms with Crippen molar-refractivity contribution in [1.29, 1.82) is 0 Å². The Hall–Kier alpha value is -2.42. The van der Waals surface area contributed by atoms with Gasteiger partial charge in [0, 0.05) is 30.4 Å². The summed E-state index contributed by atoms with van der Waals surface area (Å²) < 4.78 is 13.9. The Morgan fingerprint density at radius 3 is 2.75 bits per heavy atom. The number of rotatable bonds is 7. The number of halogens is 1. The van der Waals surface area contributed by atoms with E-state index in [0.29, 0.717) is 17.5 Å². The molecular formula is C15H18FN5O2S. The first-order valence-electron chi connectivity index (χ1n) is 7.25. The predicted octanol–water partition coefficient (Wildman–Crippen LogP) is 3.68. The standard InChI is InChI=1S/C15H18FN5O2S/c1-9(2)19-14-10(8-18-15(20-14)24-3)7-17-13-5-4-11(21(22)23)6-12(13)16/h4-6,8-9,17H,7H2,1-3H3,(H,18,19,20). The monoisotopic (exact) mass is 351 g/mol. The van der Waals surface area contributed by atoms with E-state index in [1.807, 2.05) is 20.1 Å². The number of benzene rings is 1. The molecule has 0 aliphatic heterocycles. The Bertz CT molecular complexity index is 742. The number of thioether (sulfide) groups is 1. The molecule has 0 saturated carbocycles. The average molecular weight is 351 g/mol. The third-order valence-corrected chi connectivity index (χ3v) is 3.65. The fraction of sp³-hybridized carbons (Fsp3) is 0.333. The Labute approximate surface area is 143 Å². The average Bonchev–Trinajstić information content (AvgIpc) is 2.53. The molecule has 2 N–H and O–H groups in total. The summed E-state index contributed by atoms with van der Waals surface area (Å²) in [6, 6.07) is 3.68. The zero-order valence-corrected chi connectivity index (χ0v) is 14.4. The van der Waals surface area contributed by atoms with Crippen LogP contribution in [0, 0.1) is 15.9 Å². The van der Waals surface area contributed by atoms with Crippen molar-refractivity contribution in [2.45, 2.75) is 31.6 Å². The normalized spacial score (nSPS) is 10.7. The molecule has 0 unspecified atom stereocenters. The molecule has 0 bridgehead atoms. The molecule has 128 valence electrons.